The van der Waals surface area contributed by atoms with Crippen molar-refractivity contribution < 1.29 is 76.5 Å². The van der Waals surface area contributed by atoms with Crippen molar-refractivity contribution in [3.05, 3.63) is 238 Å². The normalized spacial score (nSPS) is 12.8. The molecule has 2 aromatic heterocycles. The van der Waals surface area contributed by atoms with Gasteiger partial charge in [0.05, 0.1) is 16.8 Å². The SMILES string of the molecule is C=C(C)OC(=O)N[C@](Cc1ccccc1)(c1ccc(F)cc1)c1cc(F)cc(OC(F)(F)C(F)F)c1.Nc1nccs1.O=C(Nc1nccs1)N[C@](Cc1ccccc1)(c1ccc(F)cc1)c1cc(F)cc(OC(F)(F)C(F)F)c1. The number of nitrogens with one attached hydrogen (secondary N) is 3. The second-order valence-electron chi connectivity index (χ2n) is 16.9. The lowest BCUT2D eigenvalue weighted by atomic mass is 9.77. The molecule has 0 saturated heterocycles. The molecule has 0 aliphatic rings. The number of ether oxygens (including phenoxy) is 3. The molecule has 0 bridgehead atoms. The number of carbonyl (C=O) groups excluding carboxylic acids is 2. The first-order valence-electron chi connectivity index (χ1n) is 23.1. The van der Waals surface area contributed by atoms with Gasteiger partial charge in [0.25, 0.3) is 0 Å². The van der Waals surface area contributed by atoms with Crippen LogP contribution in [0.2, 0.25) is 0 Å². The summed E-state index contributed by atoms with van der Waals surface area (Å²) in [6.45, 7) is 4.88. The van der Waals surface area contributed by atoms with Crippen LogP contribution in [0.4, 0.5) is 72.5 Å². The van der Waals surface area contributed by atoms with Gasteiger partial charge in [0, 0.05) is 48.1 Å². The smallest absolute Gasteiger partial charge is 0.428 e. The van der Waals surface area contributed by atoms with Gasteiger partial charge in [-0.2, -0.15) is 35.1 Å². The van der Waals surface area contributed by atoms with Crippen LogP contribution in [0.1, 0.15) is 40.3 Å². The number of benzene rings is 6. The Labute approximate surface area is 456 Å². The lowest BCUT2D eigenvalue weighted by molar-refractivity contribution is -0.253. The fraction of sp³-hybridized carbons (Fsp3) is 0.164. The number of urea groups is 1. The summed E-state index contributed by atoms with van der Waals surface area (Å²) in [5.41, 5.74) is 3.12. The van der Waals surface area contributed by atoms with E-state index in [0.29, 0.717) is 28.4 Å². The van der Waals surface area contributed by atoms with Crippen molar-refractivity contribution in [2.45, 2.75) is 55.9 Å². The number of alkyl carbamates (subject to hydrolysis) is 1. The highest BCUT2D eigenvalue weighted by molar-refractivity contribution is 7.13. The molecular formula is C55H44F12N6O5S2. The van der Waals surface area contributed by atoms with Crippen LogP contribution in [0.15, 0.2) is 181 Å². The highest BCUT2D eigenvalue weighted by atomic mass is 32.1. The van der Waals surface area contributed by atoms with E-state index in [-0.39, 0.29) is 46.0 Å². The number of amides is 3. The number of nitrogens with two attached hydrogens (primary N) is 1. The zero-order chi connectivity index (χ0) is 58.3. The zero-order valence-corrected chi connectivity index (χ0v) is 42.9. The van der Waals surface area contributed by atoms with E-state index >= 15 is 0 Å². The number of alkyl halides is 8. The molecule has 0 saturated carbocycles. The molecule has 0 radical (unpaired) electrons. The summed E-state index contributed by atoms with van der Waals surface area (Å²) in [6, 6.07) is 30.6. The third kappa shape index (κ3) is 16.7. The number of nitrogen functional groups attached to an aromatic ring is 1. The third-order valence-corrected chi connectivity index (χ3v) is 12.3. The first-order chi connectivity index (χ1) is 37.9. The number of allylic oxidation sites excluding steroid dienone is 1. The van der Waals surface area contributed by atoms with Crippen molar-refractivity contribution >= 4 is 45.1 Å². The molecule has 2 atom stereocenters. The summed E-state index contributed by atoms with van der Waals surface area (Å²) < 4.78 is 176. The lowest BCUT2D eigenvalue weighted by Gasteiger charge is -2.36. The Morgan fingerprint density at radius 2 is 1.00 bits per heavy atom. The van der Waals surface area contributed by atoms with Crippen molar-refractivity contribution in [2.24, 2.45) is 0 Å². The first kappa shape index (κ1) is 60.6. The number of rotatable bonds is 18. The number of halogens is 12. The van der Waals surface area contributed by atoms with Gasteiger partial charge in [-0.15, -0.1) is 22.7 Å². The minimum Gasteiger partial charge on any atom is -0.428 e. The maximum Gasteiger partial charge on any atom is 0.461 e. The van der Waals surface area contributed by atoms with Crippen molar-refractivity contribution in [1.82, 2.24) is 20.6 Å². The lowest BCUT2D eigenvalue weighted by Crippen LogP contribution is -2.50. The number of aromatic nitrogens is 2. The van der Waals surface area contributed by atoms with E-state index in [1.807, 2.05) is 5.38 Å². The highest BCUT2D eigenvalue weighted by Gasteiger charge is 2.46. The Balaban J connectivity index is 0.000000233. The molecule has 0 aliphatic carbocycles. The van der Waals surface area contributed by atoms with Gasteiger partial charge in [0.15, 0.2) is 10.3 Å². The fourth-order valence-corrected chi connectivity index (χ4v) is 8.64. The highest BCUT2D eigenvalue weighted by Crippen LogP contribution is 2.40. The zero-order valence-electron chi connectivity index (χ0n) is 41.3. The Hall–Kier alpha value is -8.58. The Morgan fingerprint density at radius 1 is 0.575 bits per heavy atom. The number of carbonyl (C=O) groups is 2. The van der Waals surface area contributed by atoms with Crippen LogP contribution in [0.5, 0.6) is 11.5 Å². The molecule has 25 heteroatoms. The van der Waals surface area contributed by atoms with E-state index in [2.05, 4.69) is 42.0 Å². The van der Waals surface area contributed by atoms with Crippen molar-refractivity contribution in [2.75, 3.05) is 11.1 Å². The quantitative estimate of drug-likeness (QED) is 0.0490. The number of thiazole rings is 2. The monoisotopic (exact) mass is 1160 g/mol. The molecule has 8 rings (SSSR count). The Kier molecular flexibility index (Phi) is 20.4. The molecule has 11 nitrogen and oxygen atoms in total. The van der Waals surface area contributed by atoms with E-state index in [1.54, 1.807) is 72.2 Å². The van der Waals surface area contributed by atoms with Crippen molar-refractivity contribution in [3.63, 3.8) is 0 Å². The predicted octanol–water partition coefficient (Wildman–Crippen LogP) is 14.6. The van der Waals surface area contributed by atoms with E-state index in [4.69, 9.17) is 10.5 Å². The summed E-state index contributed by atoms with van der Waals surface area (Å²) in [4.78, 5) is 33.6. The molecule has 6 aromatic carbocycles. The second kappa shape index (κ2) is 26.9. The average molecular weight is 1160 g/mol. The summed E-state index contributed by atoms with van der Waals surface area (Å²) in [6.07, 6.45) is -16.2. The molecule has 0 spiro atoms. The molecule has 0 aliphatic heterocycles. The summed E-state index contributed by atoms with van der Waals surface area (Å²) in [7, 11) is 0. The topological polar surface area (TPSA) is 150 Å². The van der Waals surface area contributed by atoms with Gasteiger partial charge in [-0.3, -0.25) is 5.32 Å². The van der Waals surface area contributed by atoms with Crippen molar-refractivity contribution in [1.29, 1.82) is 0 Å². The number of hydrogen-bond donors (Lipinski definition) is 4. The number of hydrogen-bond acceptors (Lipinski definition) is 10. The molecule has 5 N–H and O–H groups in total. The molecule has 420 valence electrons. The Morgan fingerprint density at radius 3 is 1.36 bits per heavy atom. The van der Waals surface area contributed by atoms with Crippen molar-refractivity contribution in [3.8, 4) is 11.5 Å². The predicted molar refractivity (Wildman–Crippen MR) is 276 cm³/mol. The molecule has 80 heavy (non-hydrogen) atoms. The van der Waals surface area contributed by atoms with Gasteiger partial charge in [0.2, 0.25) is 0 Å². The largest absolute Gasteiger partial charge is 0.461 e. The standard InChI is InChI=1S/C26H19F6N3O2S.C26H21F6NO3.C3H4N2S/c27-19-8-6-17(7-9-19)25(15-16-4-2-1-3-5-16,35-23(36)34-24-33-10-11-38-24)18-12-20(28)14-21(13-18)37-26(31,32)22(29)30;1-16(2)35-24(34)33-25(15-17-6-4-3-5-7-17,18-8-10-20(27)11-9-18)19-12-21(28)14-22(13-19)36-26(31,32)23(29)30;4-3-5-1-2-6-3/h1-14,22H,15H2,(H2,33,34,35,36);3-14,23H,1,15H2,2H3,(H,33,34);1-2H,(H2,4,5)/t2*25-;/m11./s1. The molecule has 2 heterocycles. The first-order valence-corrected chi connectivity index (χ1v) is 24.8. The van der Waals surface area contributed by atoms with Gasteiger partial charge < -0.3 is 30.6 Å². The van der Waals surface area contributed by atoms with Crippen LogP contribution in [-0.4, -0.2) is 47.2 Å². The molecular weight excluding hydrogens is 1120 g/mol. The number of nitrogens with zero attached hydrogens (tertiary/aromatic N) is 2. The Bertz CT molecular complexity index is 3280. The number of anilines is 2. The van der Waals surface area contributed by atoms with Gasteiger partial charge in [-0.25, -0.2) is 37.1 Å². The van der Waals surface area contributed by atoms with Crippen LogP contribution in [0.25, 0.3) is 0 Å². The van der Waals surface area contributed by atoms with Gasteiger partial charge in [-0.05, 0) is 88.8 Å². The maximum atomic E-state index is 14.8. The van der Waals surface area contributed by atoms with Crippen LogP contribution in [-0.2, 0) is 28.7 Å². The van der Waals surface area contributed by atoms with E-state index in [9.17, 15) is 62.3 Å². The van der Waals surface area contributed by atoms with E-state index in [0.717, 1.165) is 59.9 Å². The summed E-state index contributed by atoms with van der Waals surface area (Å²) >= 11 is 2.57. The van der Waals surface area contributed by atoms with Gasteiger partial charge in [-0.1, -0.05) is 91.5 Å². The summed E-state index contributed by atoms with van der Waals surface area (Å²) in [5, 5.41) is 12.2. The summed E-state index contributed by atoms with van der Waals surface area (Å²) in [5.74, 6) is -5.21. The van der Waals surface area contributed by atoms with Crippen LogP contribution in [0.3, 0.4) is 0 Å². The van der Waals surface area contributed by atoms with Crippen LogP contribution in [0, 0.1) is 23.3 Å². The fourth-order valence-electron chi connectivity index (χ4n) is 7.73. The minimum absolute atomic E-state index is 0.0139. The van der Waals surface area contributed by atoms with E-state index < -0.39 is 83.0 Å². The van der Waals surface area contributed by atoms with Gasteiger partial charge in [0.1, 0.15) is 34.8 Å². The van der Waals surface area contributed by atoms with Crippen LogP contribution < -0.4 is 31.2 Å². The van der Waals surface area contributed by atoms with Crippen LogP contribution >= 0.6 is 22.7 Å². The average Bonchev–Trinajstić information content (AvgIpc) is 4.17. The minimum atomic E-state index is -4.91. The van der Waals surface area contributed by atoms with E-state index in [1.165, 1.54) is 48.7 Å². The maximum absolute atomic E-state index is 14.8. The molecule has 8 aromatic rings. The van der Waals surface area contributed by atoms with Gasteiger partial charge >= 0.3 is 37.2 Å². The third-order valence-electron chi connectivity index (χ3n) is 11.1. The second-order valence-corrected chi connectivity index (χ2v) is 18.8. The molecule has 0 unspecified atom stereocenters. The molecule has 3 amide bonds. The molecule has 0 fully saturated rings.